The maximum absolute atomic E-state index is 13.5. The Labute approximate surface area is 138 Å². The number of hydrogen-bond acceptors (Lipinski definition) is 6. The van der Waals surface area contributed by atoms with Gasteiger partial charge >= 0.3 is 6.18 Å². The van der Waals surface area contributed by atoms with Crippen LogP contribution in [0.5, 0.6) is 0 Å². The fourth-order valence-corrected chi connectivity index (χ4v) is 1.97. The molecule has 11 heteroatoms. The lowest BCUT2D eigenvalue weighted by Crippen LogP contribution is -2.32. The van der Waals surface area contributed by atoms with Crippen molar-refractivity contribution in [3.8, 4) is 11.3 Å². The lowest BCUT2D eigenvalue weighted by molar-refractivity contribution is -0.137. The molecule has 0 atom stereocenters. The Morgan fingerprint density at radius 2 is 2.00 bits per heavy atom. The molecule has 7 nitrogen and oxygen atoms in total. The summed E-state index contributed by atoms with van der Waals surface area (Å²) in [5.74, 6) is -2.83. The quantitative estimate of drug-likeness (QED) is 0.478. The van der Waals surface area contributed by atoms with Crippen LogP contribution in [0.1, 0.15) is 12.0 Å². The maximum atomic E-state index is 13.5. The van der Waals surface area contributed by atoms with Gasteiger partial charge in [0, 0.05) is 5.56 Å². The van der Waals surface area contributed by atoms with Crippen LogP contribution in [0.3, 0.4) is 0 Å². The number of anilines is 2. The standard InChI is InChI=1S/C14H13F4N5O2/c15-8-3-1-2-7(6-8)11-10(14(16,17)18)12(21-13(19)20-11)23-22-9(25)4-5-24/h1-3,6,24H,4-5H2,(H,22,25)(H3,19,20,21,23). The molecule has 5 N–H and O–H groups in total. The predicted molar refractivity (Wildman–Crippen MR) is 80.3 cm³/mol. The number of alkyl halides is 3. The minimum absolute atomic E-state index is 0.161. The highest BCUT2D eigenvalue weighted by Crippen LogP contribution is 2.40. The summed E-state index contributed by atoms with van der Waals surface area (Å²) in [7, 11) is 0. The number of hydrazine groups is 1. The van der Waals surface area contributed by atoms with Crippen LogP contribution >= 0.6 is 0 Å². The number of benzene rings is 1. The molecule has 0 fully saturated rings. The van der Waals surface area contributed by atoms with Crippen LogP contribution < -0.4 is 16.6 Å². The number of aliphatic hydroxyl groups excluding tert-OH is 1. The Bertz CT molecular complexity index is 782. The van der Waals surface area contributed by atoms with E-state index in [4.69, 9.17) is 10.8 Å². The van der Waals surface area contributed by atoms with Gasteiger partial charge in [-0.05, 0) is 12.1 Å². The van der Waals surface area contributed by atoms with Crippen molar-refractivity contribution in [2.45, 2.75) is 12.6 Å². The highest BCUT2D eigenvalue weighted by molar-refractivity contribution is 5.78. The molecule has 0 aliphatic rings. The molecule has 1 aromatic heterocycles. The molecular formula is C14H13F4N5O2. The number of aromatic nitrogens is 2. The Kier molecular flexibility index (Phi) is 5.37. The molecule has 0 bridgehead atoms. The van der Waals surface area contributed by atoms with Crippen LogP contribution in [0, 0.1) is 5.82 Å². The van der Waals surface area contributed by atoms with Gasteiger partial charge in [-0.15, -0.1) is 0 Å². The van der Waals surface area contributed by atoms with Gasteiger partial charge in [-0.3, -0.25) is 15.6 Å². The number of amides is 1. The van der Waals surface area contributed by atoms with Gasteiger partial charge in [0.25, 0.3) is 0 Å². The molecule has 2 aromatic rings. The first-order valence-electron chi connectivity index (χ1n) is 6.88. The first-order valence-corrected chi connectivity index (χ1v) is 6.88. The average molecular weight is 359 g/mol. The Morgan fingerprint density at radius 1 is 1.28 bits per heavy atom. The second-order valence-corrected chi connectivity index (χ2v) is 4.81. The van der Waals surface area contributed by atoms with E-state index >= 15 is 0 Å². The maximum Gasteiger partial charge on any atom is 0.422 e. The van der Waals surface area contributed by atoms with Crippen molar-refractivity contribution in [3.05, 3.63) is 35.6 Å². The lowest BCUT2D eigenvalue weighted by atomic mass is 10.1. The number of nitrogens with zero attached hydrogens (tertiary/aromatic N) is 2. The van der Waals surface area contributed by atoms with Gasteiger partial charge in [-0.2, -0.15) is 18.2 Å². The summed E-state index contributed by atoms with van der Waals surface area (Å²) in [6, 6.07) is 4.38. The molecule has 0 spiro atoms. The minimum atomic E-state index is -4.92. The number of nitrogens with two attached hydrogens (primary N) is 1. The van der Waals surface area contributed by atoms with Gasteiger partial charge in [0.1, 0.15) is 11.4 Å². The van der Waals surface area contributed by atoms with Gasteiger partial charge in [0.05, 0.1) is 18.7 Å². The molecule has 0 aliphatic carbocycles. The molecule has 0 unspecified atom stereocenters. The van der Waals surface area contributed by atoms with Crippen LogP contribution in [-0.4, -0.2) is 27.6 Å². The summed E-state index contributed by atoms with van der Waals surface area (Å²) in [4.78, 5) is 18.3. The van der Waals surface area contributed by atoms with E-state index in [0.29, 0.717) is 0 Å². The fraction of sp³-hybridized carbons (Fsp3) is 0.214. The van der Waals surface area contributed by atoms with Gasteiger partial charge < -0.3 is 10.8 Å². The van der Waals surface area contributed by atoms with Crippen molar-refractivity contribution in [1.29, 1.82) is 0 Å². The number of hydrogen-bond donors (Lipinski definition) is 4. The normalized spacial score (nSPS) is 11.2. The molecule has 25 heavy (non-hydrogen) atoms. The van der Waals surface area contributed by atoms with E-state index in [1.165, 1.54) is 12.1 Å². The first kappa shape index (κ1) is 18.4. The minimum Gasteiger partial charge on any atom is -0.396 e. The van der Waals surface area contributed by atoms with Crippen molar-refractivity contribution in [1.82, 2.24) is 15.4 Å². The summed E-state index contributed by atoms with van der Waals surface area (Å²) in [5, 5.41) is 8.63. The molecule has 1 heterocycles. The van der Waals surface area contributed by atoms with Crippen LogP contribution in [0.25, 0.3) is 11.3 Å². The molecule has 0 saturated heterocycles. The number of halogens is 4. The van der Waals surface area contributed by atoms with E-state index in [1.54, 1.807) is 0 Å². The van der Waals surface area contributed by atoms with Gasteiger partial charge in [-0.1, -0.05) is 12.1 Å². The van der Waals surface area contributed by atoms with Crippen LogP contribution in [-0.2, 0) is 11.0 Å². The van der Waals surface area contributed by atoms with E-state index in [-0.39, 0.29) is 12.0 Å². The van der Waals surface area contributed by atoms with Crippen LogP contribution in [0.15, 0.2) is 24.3 Å². The van der Waals surface area contributed by atoms with Gasteiger partial charge in [0.2, 0.25) is 11.9 Å². The third kappa shape index (κ3) is 4.53. The number of aliphatic hydroxyl groups is 1. The SMILES string of the molecule is Nc1nc(NNC(=O)CCO)c(C(F)(F)F)c(-c2cccc(F)c2)n1. The fourth-order valence-electron chi connectivity index (χ4n) is 1.97. The third-order valence-electron chi connectivity index (χ3n) is 2.97. The summed E-state index contributed by atoms with van der Waals surface area (Å²) >= 11 is 0. The van der Waals surface area contributed by atoms with Crippen molar-refractivity contribution < 1.29 is 27.5 Å². The second kappa shape index (κ2) is 7.30. The third-order valence-corrected chi connectivity index (χ3v) is 2.97. The van der Waals surface area contributed by atoms with Crippen molar-refractivity contribution in [2.75, 3.05) is 17.8 Å². The van der Waals surface area contributed by atoms with E-state index in [1.807, 2.05) is 10.9 Å². The van der Waals surface area contributed by atoms with E-state index in [0.717, 1.165) is 12.1 Å². The smallest absolute Gasteiger partial charge is 0.396 e. The van der Waals surface area contributed by atoms with Crippen molar-refractivity contribution in [2.24, 2.45) is 0 Å². The Morgan fingerprint density at radius 3 is 2.60 bits per heavy atom. The lowest BCUT2D eigenvalue weighted by Gasteiger charge is -2.18. The number of nitrogens with one attached hydrogen (secondary N) is 2. The van der Waals surface area contributed by atoms with E-state index in [2.05, 4.69) is 9.97 Å². The molecule has 134 valence electrons. The molecule has 0 aliphatic heterocycles. The first-order chi connectivity index (χ1) is 11.7. The summed E-state index contributed by atoms with van der Waals surface area (Å²) < 4.78 is 53.8. The molecule has 2 rings (SSSR count). The number of rotatable bonds is 5. The van der Waals surface area contributed by atoms with Crippen molar-refractivity contribution >= 4 is 17.7 Å². The summed E-state index contributed by atoms with van der Waals surface area (Å²) in [5.41, 5.74) is 7.29. The highest BCUT2D eigenvalue weighted by Gasteiger charge is 2.39. The summed E-state index contributed by atoms with van der Waals surface area (Å²) in [6.45, 7) is -0.486. The molecule has 1 aromatic carbocycles. The Hall–Kier alpha value is -2.95. The molecule has 1 amide bonds. The van der Waals surface area contributed by atoms with Gasteiger partial charge in [0.15, 0.2) is 5.82 Å². The highest BCUT2D eigenvalue weighted by atomic mass is 19.4. The van der Waals surface area contributed by atoms with Crippen LogP contribution in [0.2, 0.25) is 0 Å². The average Bonchev–Trinajstić information content (AvgIpc) is 2.51. The predicted octanol–water partition coefficient (Wildman–Crippen LogP) is 1.71. The zero-order valence-electron chi connectivity index (χ0n) is 12.6. The number of carbonyl (C=O) groups is 1. The van der Waals surface area contributed by atoms with Crippen LogP contribution in [0.4, 0.5) is 29.3 Å². The summed E-state index contributed by atoms with van der Waals surface area (Å²) in [6.07, 6.45) is -5.24. The Balaban J connectivity index is 2.54. The molecule has 0 saturated carbocycles. The van der Waals surface area contributed by atoms with Gasteiger partial charge in [-0.25, -0.2) is 9.37 Å². The molecular weight excluding hydrogens is 346 g/mol. The van der Waals surface area contributed by atoms with E-state index in [9.17, 15) is 22.4 Å². The largest absolute Gasteiger partial charge is 0.422 e. The second-order valence-electron chi connectivity index (χ2n) is 4.81. The number of nitrogen functional groups attached to an aromatic ring is 1. The van der Waals surface area contributed by atoms with E-state index < -0.39 is 47.5 Å². The van der Waals surface area contributed by atoms with Crippen molar-refractivity contribution in [3.63, 3.8) is 0 Å². The molecule has 0 radical (unpaired) electrons. The zero-order chi connectivity index (χ0) is 18.6. The monoisotopic (exact) mass is 359 g/mol. The zero-order valence-corrected chi connectivity index (χ0v) is 12.6. The topological polar surface area (TPSA) is 113 Å². The number of carbonyl (C=O) groups excluding carboxylic acids is 1.